The molecule has 1 aliphatic heterocycles. The first-order valence-electron chi connectivity index (χ1n) is 4.03. The van der Waals surface area contributed by atoms with Crippen molar-refractivity contribution in [1.29, 1.82) is 0 Å². The van der Waals surface area contributed by atoms with Crippen LogP contribution in [0, 0.1) is 0 Å². The molecule has 0 saturated carbocycles. The van der Waals surface area contributed by atoms with Crippen molar-refractivity contribution in [2.45, 2.75) is 25.9 Å². The van der Waals surface area contributed by atoms with Crippen LogP contribution in [0.25, 0.3) is 0 Å². The Morgan fingerprint density at radius 3 is 1.50 bits per heavy atom. The van der Waals surface area contributed by atoms with Crippen molar-refractivity contribution in [3.63, 3.8) is 0 Å². The van der Waals surface area contributed by atoms with Gasteiger partial charge in [-0.1, -0.05) is 0 Å². The fraction of sp³-hybridized carbons (Fsp3) is 1.00. The fourth-order valence-electron chi connectivity index (χ4n) is 1.46. The largest absolute Gasteiger partial charge is 0.301 e. The number of likely N-dealkylation sites (N-methyl/N-ethyl adjacent to an activating group) is 2. The van der Waals surface area contributed by atoms with Gasteiger partial charge in [-0.3, -0.25) is 0 Å². The summed E-state index contributed by atoms with van der Waals surface area (Å²) in [7, 11) is 4.41. The Morgan fingerprint density at radius 1 is 0.900 bits per heavy atom. The Morgan fingerprint density at radius 2 is 1.20 bits per heavy atom. The molecule has 0 radical (unpaired) electrons. The van der Waals surface area contributed by atoms with Gasteiger partial charge in [-0.15, -0.1) is 0 Å². The normalized spacial score (nSPS) is 38.4. The van der Waals surface area contributed by atoms with E-state index < -0.39 is 0 Å². The van der Waals surface area contributed by atoms with Crippen molar-refractivity contribution in [2.24, 2.45) is 0 Å². The smallest absolute Gasteiger partial charge is 0.0218 e. The van der Waals surface area contributed by atoms with Crippen LogP contribution < -0.4 is 0 Å². The monoisotopic (exact) mass is 142 g/mol. The first-order chi connectivity index (χ1) is 4.63. The fourth-order valence-corrected chi connectivity index (χ4v) is 1.46. The van der Waals surface area contributed by atoms with Crippen molar-refractivity contribution in [3.8, 4) is 0 Å². The molecule has 1 aliphatic rings. The molecule has 1 rings (SSSR count). The van der Waals surface area contributed by atoms with Gasteiger partial charge in [0.25, 0.3) is 0 Å². The number of piperazine rings is 1. The molecule has 0 unspecified atom stereocenters. The molecule has 1 heterocycles. The second-order valence-electron chi connectivity index (χ2n) is 3.44. The first-order valence-corrected chi connectivity index (χ1v) is 4.03. The van der Waals surface area contributed by atoms with E-state index in [0.717, 1.165) is 0 Å². The second-order valence-corrected chi connectivity index (χ2v) is 3.44. The third-order valence-corrected chi connectivity index (χ3v) is 2.89. The number of hydrogen-bond acceptors (Lipinski definition) is 2. The van der Waals surface area contributed by atoms with Crippen LogP contribution >= 0.6 is 0 Å². The van der Waals surface area contributed by atoms with Crippen LogP contribution in [0.4, 0.5) is 0 Å². The number of hydrogen-bond donors (Lipinski definition) is 0. The zero-order valence-electron chi connectivity index (χ0n) is 7.46. The van der Waals surface area contributed by atoms with E-state index in [0.29, 0.717) is 12.1 Å². The van der Waals surface area contributed by atoms with Crippen molar-refractivity contribution in [3.05, 3.63) is 0 Å². The highest BCUT2D eigenvalue weighted by Gasteiger charge is 2.24. The Balaban J connectivity index is 2.52. The minimum atomic E-state index is 0.707. The summed E-state index contributed by atoms with van der Waals surface area (Å²) in [4.78, 5) is 4.84. The lowest BCUT2D eigenvalue weighted by atomic mass is 10.1. The van der Waals surface area contributed by atoms with Gasteiger partial charge in [0.2, 0.25) is 0 Å². The quantitative estimate of drug-likeness (QED) is 0.490. The van der Waals surface area contributed by atoms with Crippen LogP contribution in [-0.2, 0) is 0 Å². The number of rotatable bonds is 0. The maximum Gasteiger partial charge on any atom is 0.0218 e. The lowest BCUT2D eigenvalue weighted by molar-refractivity contribution is 0.0722. The predicted molar refractivity (Wildman–Crippen MR) is 44.2 cm³/mol. The predicted octanol–water partition coefficient (Wildman–Crippen LogP) is 0.641. The molecule has 0 aromatic carbocycles. The Hall–Kier alpha value is -0.0800. The average Bonchev–Trinajstić information content (AvgIpc) is 1.93. The van der Waals surface area contributed by atoms with E-state index in [1.165, 1.54) is 13.1 Å². The molecule has 0 aliphatic carbocycles. The average molecular weight is 142 g/mol. The molecular formula is C8H18N2. The zero-order valence-corrected chi connectivity index (χ0v) is 7.46. The van der Waals surface area contributed by atoms with Crippen LogP contribution in [-0.4, -0.2) is 49.1 Å². The molecular weight excluding hydrogens is 124 g/mol. The molecule has 0 aromatic heterocycles. The molecule has 0 bridgehead atoms. The van der Waals surface area contributed by atoms with Crippen LogP contribution in [0.2, 0.25) is 0 Å². The summed E-state index contributed by atoms with van der Waals surface area (Å²) in [5.74, 6) is 0. The van der Waals surface area contributed by atoms with Crippen molar-refractivity contribution in [2.75, 3.05) is 27.2 Å². The molecule has 0 spiro atoms. The zero-order chi connectivity index (χ0) is 7.72. The molecule has 2 nitrogen and oxygen atoms in total. The summed E-state index contributed by atoms with van der Waals surface area (Å²) < 4.78 is 0. The summed E-state index contributed by atoms with van der Waals surface area (Å²) in [6.45, 7) is 7.00. The van der Waals surface area contributed by atoms with Crippen molar-refractivity contribution in [1.82, 2.24) is 9.80 Å². The third-order valence-electron chi connectivity index (χ3n) is 2.89. The molecule has 1 saturated heterocycles. The van der Waals surface area contributed by atoms with Crippen LogP contribution in [0.3, 0.4) is 0 Å². The van der Waals surface area contributed by atoms with Gasteiger partial charge in [0.15, 0.2) is 0 Å². The van der Waals surface area contributed by atoms with E-state index in [1.807, 2.05) is 0 Å². The highest BCUT2D eigenvalue weighted by molar-refractivity contribution is 4.82. The molecule has 1 fully saturated rings. The lowest BCUT2D eigenvalue weighted by Gasteiger charge is -2.41. The maximum atomic E-state index is 2.42. The molecule has 2 atom stereocenters. The van der Waals surface area contributed by atoms with Gasteiger partial charge in [0.05, 0.1) is 0 Å². The van der Waals surface area contributed by atoms with E-state index in [1.54, 1.807) is 0 Å². The van der Waals surface area contributed by atoms with Crippen LogP contribution in [0.1, 0.15) is 13.8 Å². The molecule has 10 heavy (non-hydrogen) atoms. The van der Waals surface area contributed by atoms with E-state index in [9.17, 15) is 0 Å². The van der Waals surface area contributed by atoms with Gasteiger partial charge in [0, 0.05) is 25.2 Å². The minimum Gasteiger partial charge on any atom is -0.301 e. The summed E-state index contributed by atoms with van der Waals surface area (Å²) in [6, 6.07) is 1.41. The molecule has 2 heteroatoms. The topological polar surface area (TPSA) is 6.48 Å². The molecule has 0 N–H and O–H groups in total. The highest BCUT2D eigenvalue weighted by atomic mass is 15.3. The van der Waals surface area contributed by atoms with Gasteiger partial charge in [-0.2, -0.15) is 0 Å². The SMILES string of the molecule is C[C@@H]1[C@@H](C)N(C)CCN1C. The van der Waals surface area contributed by atoms with Gasteiger partial charge in [0.1, 0.15) is 0 Å². The lowest BCUT2D eigenvalue weighted by Crippen LogP contribution is -2.54. The van der Waals surface area contributed by atoms with E-state index >= 15 is 0 Å². The van der Waals surface area contributed by atoms with Crippen molar-refractivity contribution < 1.29 is 0 Å². The van der Waals surface area contributed by atoms with Gasteiger partial charge in [-0.05, 0) is 27.9 Å². The van der Waals surface area contributed by atoms with Gasteiger partial charge in [-0.25, -0.2) is 0 Å². The first kappa shape index (κ1) is 8.02. The molecule has 60 valence electrons. The summed E-state index contributed by atoms with van der Waals surface area (Å²) in [6.07, 6.45) is 0. The molecule has 0 aromatic rings. The standard InChI is InChI=1S/C8H18N2/c1-7-8(2)10(4)6-5-9(7)3/h7-8H,5-6H2,1-4H3/t7-,8-/m1/s1. The Kier molecular flexibility index (Phi) is 2.32. The third kappa shape index (κ3) is 1.32. The summed E-state index contributed by atoms with van der Waals surface area (Å²) in [5.41, 5.74) is 0. The minimum absolute atomic E-state index is 0.707. The molecule has 0 amide bonds. The van der Waals surface area contributed by atoms with Crippen molar-refractivity contribution >= 4 is 0 Å². The van der Waals surface area contributed by atoms with E-state index in [2.05, 4.69) is 37.7 Å². The van der Waals surface area contributed by atoms with Crippen LogP contribution in [0.5, 0.6) is 0 Å². The van der Waals surface area contributed by atoms with Crippen LogP contribution in [0.15, 0.2) is 0 Å². The number of nitrogens with zero attached hydrogens (tertiary/aromatic N) is 2. The Bertz CT molecular complexity index is 99.8. The van der Waals surface area contributed by atoms with E-state index in [4.69, 9.17) is 0 Å². The maximum absolute atomic E-state index is 2.42. The van der Waals surface area contributed by atoms with E-state index in [-0.39, 0.29) is 0 Å². The Labute approximate surface area is 63.8 Å². The van der Waals surface area contributed by atoms with Gasteiger partial charge < -0.3 is 9.80 Å². The summed E-state index contributed by atoms with van der Waals surface area (Å²) >= 11 is 0. The highest BCUT2D eigenvalue weighted by Crippen LogP contribution is 2.12. The van der Waals surface area contributed by atoms with Gasteiger partial charge >= 0.3 is 0 Å². The second kappa shape index (κ2) is 2.89. The summed E-state index contributed by atoms with van der Waals surface area (Å²) in [5, 5.41) is 0.